The Morgan fingerprint density at radius 1 is 1.17 bits per heavy atom. The van der Waals surface area contributed by atoms with Crippen LogP contribution in [-0.4, -0.2) is 50.0 Å². The number of carbonyl (C=O) groups is 2. The number of carbonyl (C=O) groups excluding carboxylic acids is 2. The molecule has 0 heterocycles. The van der Waals surface area contributed by atoms with Gasteiger partial charge in [0.15, 0.2) is 0 Å². The van der Waals surface area contributed by atoms with Gasteiger partial charge in [0.1, 0.15) is 5.75 Å². The quantitative estimate of drug-likeness (QED) is 0.683. The van der Waals surface area contributed by atoms with Crippen molar-refractivity contribution in [2.24, 2.45) is 0 Å². The molecule has 0 spiro atoms. The van der Waals surface area contributed by atoms with E-state index in [1.165, 1.54) is 6.92 Å². The third kappa shape index (κ3) is 7.00. The van der Waals surface area contributed by atoms with Crippen molar-refractivity contribution >= 4 is 11.8 Å². The van der Waals surface area contributed by atoms with Gasteiger partial charge in [-0.15, -0.1) is 0 Å². The van der Waals surface area contributed by atoms with Crippen LogP contribution >= 0.6 is 0 Å². The number of nitrogens with one attached hydrogen (secondary N) is 2. The molecule has 2 N–H and O–H groups in total. The monoisotopic (exact) mass is 335 g/mol. The molecule has 1 aromatic rings. The smallest absolute Gasteiger partial charge is 0.222 e. The van der Waals surface area contributed by atoms with Gasteiger partial charge in [0.05, 0.1) is 19.6 Å². The average Bonchev–Trinajstić information content (AvgIpc) is 2.58. The molecule has 0 saturated carbocycles. The van der Waals surface area contributed by atoms with Crippen LogP contribution in [0.15, 0.2) is 24.3 Å². The van der Waals surface area contributed by atoms with Crippen molar-refractivity contribution in [2.45, 2.75) is 33.2 Å². The maximum Gasteiger partial charge on any atom is 0.222 e. The Balaban J connectivity index is 2.61. The highest BCUT2D eigenvalue weighted by Gasteiger charge is 2.17. The summed E-state index contributed by atoms with van der Waals surface area (Å²) in [5, 5.41) is 5.76. The van der Waals surface area contributed by atoms with Gasteiger partial charge in [-0.1, -0.05) is 26.0 Å². The molecule has 0 aliphatic heterocycles. The Kier molecular flexibility index (Phi) is 8.86. The Hall–Kier alpha value is -2.08. The first-order valence-corrected chi connectivity index (χ1v) is 8.40. The van der Waals surface area contributed by atoms with Crippen LogP contribution in [0, 0.1) is 0 Å². The molecule has 0 bridgehead atoms. The van der Waals surface area contributed by atoms with Crippen molar-refractivity contribution in [3.05, 3.63) is 29.8 Å². The molecule has 0 radical (unpaired) electrons. The van der Waals surface area contributed by atoms with Gasteiger partial charge in [0.25, 0.3) is 0 Å². The summed E-state index contributed by atoms with van der Waals surface area (Å²) in [7, 11) is 1.60. The highest BCUT2D eigenvalue weighted by molar-refractivity contribution is 5.79. The maximum atomic E-state index is 12.2. The van der Waals surface area contributed by atoms with Gasteiger partial charge in [0.2, 0.25) is 11.8 Å². The van der Waals surface area contributed by atoms with E-state index in [2.05, 4.69) is 29.4 Å². The number of amides is 2. The summed E-state index contributed by atoms with van der Waals surface area (Å²) >= 11 is 0. The van der Waals surface area contributed by atoms with Gasteiger partial charge in [-0.3, -0.25) is 9.59 Å². The van der Waals surface area contributed by atoms with E-state index in [-0.39, 0.29) is 24.3 Å². The molecule has 24 heavy (non-hydrogen) atoms. The minimum Gasteiger partial charge on any atom is -0.497 e. The average molecular weight is 335 g/mol. The molecule has 0 aliphatic rings. The maximum absolute atomic E-state index is 12.2. The molecule has 0 fully saturated rings. The Morgan fingerprint density at radius 3 is 2.29 bits per heavy atom. The van der Waals surface area contributed by atoms with Gasteiger partial charge in [0, 0.05) is 20.0 Å². The number of hydrogen-bond acceptors (Lipinski definition) is 4. The van der Waals surface area contributed by atoms with Gasteiger partial charge in [-0.2, -0.15) is 0 Å². The lowest BCUT2D eigenvalue weighted by Gasteiger charge is -2.20. The van der Waals surface area contributed by atoms with Gasteiger partial charge in [-0.25, -0.2) is 0 Å². The van der Waals surface area contributed by atoms with Gasteiger partial charge < -0.3 is 20.3 Å². The SMILES string of the molecule is CCN(CC)CCNC(=O)CC(NC(C)=O)c1ccc(OC)cc1. The van der Waals surface area contributed by atoms with Crippen molar-refractivity contribution in [3.8, 4) is 5.75 Å². The Bertz CT molecular complexity index is 513. The minimum absolute atomic E-state index is 0.0725. The highest BCUT2D eigenvalue weighted by Crippen LogP contribution is 2.20. The molecule has 6 heteroatoms. The summed E-state index contributed by atoms with van der Waals surface area (Å²) in [6, 6.07) is 7.03. The number of hydrogen-bond donors (Lipinski definition) is 2. The number of rotatable bonds is 10. The number of nitrogens with zero attached hydrogens (tertiary/aromatic N) is 1. The number of likely N-dealkylation sites (N-methyl/N-ethyl adjacent to an activating group) is 1. The third-order valence-corrected chi connectivity index (χ3v) is 3.93. The molecule has 0 aromatic heterocycles. The van der Waals surface area contributed by atoms with E-state index in [9.17, 15) is 9.59 Å². The summed E-state index contributed by atoms with van der Waals surface area (Å²) in [4.78, 5) is 25.9. The van der Waals surface area contributed by atoms with Crippen LogP contribution in [0.3, 0.4) is 0 Å². The molecule has 0 saturated heterocycles. The standard InChI is InChI=1S/C18H29N3O3/c1-5-21(6-2)12-11-19-18(23)13-17(20-14(3)22)15-7-9-16(24-4)10-8-15/h7-10,17H,5-6,11-13H2,1-4H3,(H,19,23)(H,20,22). The lowest BCUT2D eigenvalue weighted by Crippen LogP contribution is -2.37. The second kappa shape index (κ2) is 10.6. The molecule has 1 unspecified atom stereocenters. The summed E-state index contributed by atoms with van der Waals surface area (Å²) in [6.45, 7) is 9.01. The van der Waals surface area contributed by atoms with Crippen molar-refractivity contribution in [1.29, 1.82) is 0 Å². The minimum atomic E-state index is -0.346. The molecule has 1 aromatic carbocycles. The van der Waals surface area contributed by atoms with E-state index in [1.807, 2.05) is 24.3 Å². The molecule has 134 valence electrons. The van der Waals surface area contributed by atoms with Crippen LogP contribution in [-0.2, 0) is 9.59 Å². The molecule has 1 rings (SSSR count). The van der Waals surface area contributed by atoms with E-state index in [0.29, 0.717) is 6.54 Å². The van der Waals surface area contributed by atoms with Crippen LogP contribution in [0.5, 0.6) is 5.75 Å². The van der Waals surface area contributed by atoms with E-state index in [1.54, 1.807) is 7.11 Å². The predicted octanol–water partition coefficient (Wildman–Crippen LogP) is 1.72. The zero-order valence-electron chi connectivity index (χ0n) is 15.1. The van der Waals surface area contributed by atoms with E-state index < -0.39 is 0 Å². The van der Waals surface area contributed by atoms with Gasteiger partial charge in [-0.05, 0) is 30.8 Å². The fourth-order valence-corrected chi connectivity index (χ4v) is 2.48. The second-order valence-corrected chi connectivity index (χ2v) is 5.61. The first kappa shape index (κ1) is 20.0. The Morgan fingerprint density at radius 2 is 1.79 bits per heavy atom. The lowest BCUT2D eigenvalue weighted by molar-refractivity contribution is -0.122. The molecule has 6 nitrogen and oxygen atoms in total. The topological polar surface area (TPSA) is 70.7 Å². The summed E-state index contributed by atoms with van der Waals surface area (Å²) in [6.07, 6.45) is 0.212. The van der Waals surface area contributed by atoms with Gasteiger partial charge >= 0.3 is 0 Å². The normalized spacial score (nSPS) is 11.9. The predicted molar refractivity (Wildman–Crippen MR) is 95.0 cm³/mol. The molecular formula is C18H29N3O3. The zero-order chi connectivity index (χ0) is 17.9. The molecule has 0 aliphatic carbocycles. The van der Waals surface area contributed by atoms with Crippen molar-refractivity contribution in [1.82, 2.24) is 15.5 Å². The first-order valence-electron chi connectivity index (χ1n) is 8.40. The van der Waals surface area contributed by atoms with E-state index in [4.69, 9.17) is 4.74 Å². The fraction of sp³-hybridized carbons (Fsp3) is 0.556. The molecule has 2 amide bonds. The summed E-state index contributed by atoms with van der Waals surface area (Å²) in [5.74, 6) is 0.507. The van der Waals surface area contributed by atoms with Crippen LogP contribution in [0.25, 0.3) is 0 Å². The molecule has 1 atom stereocenters. The van der Waals surface area contributed by atoms with E-state index >= 15 is 0 Å². The summed E-state index contributed by atoms with van der Waals surface area (Å²) < 4.78 is 5.14. The Labute approximate surface area is 144 Å². The van der Waals surface area contributed by atoms with Crippen LogP contribution in [0.2, 0.25) is 0 Å². The van der Waals surface area contributed by atoms with Crippen LogP contribution < -0.4 is 15.4 Å². The number of benzene rings is 1. The largest absolute Gasteiger partial charge is 0.497 e. The third-order valence-electron chi connectivity index (χ3n) is 3.93. The van der Waals surface area contributed by atoms with Crippen molar-refractivity contribution < 1.29 is 14.3 Å². The highest BCUT2D eigenvalue weighted by atomic mass is 16.5. The summed E-state index contributed by atoms with van der Waals surface area (Å²) in [5.41, 5.74) is 0.880. The lowest BCUT2D eigenvalue weighted by atomic mass is 10.0. The van der Waals surface area contributed by atoms with Crippen LogP contribution in [0.4, 0.5) is 0 Å². The van der Waals surface area contributed by atoms with Crippen LogP contribution in [0.1, 0.15) is 38.8 Å². The van der Waals surface area contributed by atoms with Crippen molar-refractivity contribution in [3.63, 3.8) is 0 Å². The fourth-order valence-electron chi connectivity index (χ4n) is 2.48. The van der Waals surface area contributed by atoms with E-state index in [0.717, 1.165) is 30.9 Å². The number of methoxy groups -OCH3 is 1. The number of ether oxygens (including phenoxy) is 1. The van der Waals surface area contributed by atoms with Crippen molar-refractivity contribution in [2.75, 3.05) is 33.3 Å². The molecular weight excluding hydrogens is 306 g/mol. The first-order chi connectivity index (χ1) is 11.5. The second-order valence-electron chi connectivity index (χ2n) is 5.61. The zero-order valence-corrected chi connectivity index (χ0v) is 15.1.